The lowest BCUT2D eigenvalue weighted by atomic mass is 10.1. The van der Waals surface area contributed by atoms with E-state index in [1.165, 1.54) is 0 Å². The van der Waals surface area contributed by atoms with Gasteiger partial charge in [0.05, 0.1) is 11.9 Å². The maximum Gasteiger partial charge on any atom is 0.273 e. The van der Waals surface area contributed by atoms with Gasteiger partial charge in [0, 0.05) is 44.0 Å². The fourth-order valence-electron chi connectivity index (χ4n) is 3.72. The summed E-state index contributed by atoms with van der Waals surface area (Å²) in [6.07, 6.45) is 5.15. The number of benzene rings is 1. The molecule has 0 atom stereocenters. The number of hydrogen-bond acceptors (Lipinski definition) is 7. The third-order valence-electron chi connectivity index (χ3n) is 5.35. The first-order chi connectivity index (χ1) is 15.3. The minimum atomic E-state index is -0.0291. The average molecular weight is 411 g/mol. The minimum Gasteiger partial charge on any atom is -0.352 e. The van der Waals surface area contributed by atoms with E-state index >= 15 is 0 Å². The lowest BCUT2D eigenvalue weighted by Gasteiger charge is -2.35. The molecule has 1 N–H and O–H groups in total. The molecule has 0 unspecified atom stereocenters. The number of carbonyl (C=O) groups is 1. The predicted molar refractivity (Wildman–Crippen MR) is 119 cm³/mol. The van der Waals surface area contributed by atoms with Crippen molar-refractivity contribution in [2.45, 2.75) is 0 Å². The van der Waals surface area contributed by atoms with E-state index in [0.29, 0.717) is 37.7 Å². The molecular weight excluding hydrogens is 390 g/mol. The van der Waals surface area contributed by atoms with E-state index in [1.54, 1.807) is 18.6 Å². The molecule has 4 aromatic rings. The van der Waals surface area contributed by atoms with E-state index in [9.17, 15) is 4.79 Å². The zero-order valence-electron chi connectivity index (χ0n) is 16.8. The van der Waals surface area contributed by atoms with Crippen molar-refractivity contribution in [1.29, 1.82) is 0 Å². The summed E-state index contributed by atoms with van der Waals surface area (Å²) in [7, 11) is 0. The van der Waals surface area contributed by atoms with Gasteiger partial charge in [0.25, 0.3) is 5.91 Å². The second-order valence-corrected chi connectivity index (χ2v) is 7.30. The fourth-order valence-corrected chi connectivity index (χ4v) is 3.72. The lowest BCUT2D eigenvalue weighted by Crippen LogP contribution is -2.49. The van der Waals surface area contributed by atoms with E-state index in [0.717, 1.165) is 22.3 Å². The van der Waals surface area contributed by atoms with E-state index in [2.05, 4.69) is 30.4 Å². The Hall–Kier alpha value is -4.07. The van der Waals surface area contributed by atoms with Gasteiger partial charge in [-0.05, 0) is 35.7 Å². The number of anilines is 3. The van der Waals surface area contributed by atoms with Gasteiger partial charge in [0.1, 0.15) is 5.69 Å². The van der Waals surface area contributed by atoms with Crippen LogP contribution in [-0.4, -0.2) is 57.2 Å². The van der Waals surface area contributed by atoms with Gasteiger partial charge >= 0.3 is 0 Å². The normalized spacial score (nSPS) is 13.9. The molecule has 8 heteroatoms. The monoisotopic (exact) mass is 411 g/mol. The molecule has 0 bridgehead atoms. The average Bonchev–Trinajstić information content (AvgIpc) is 2.84. The molecule has 0 saturated carbocycles. The number of hydrogen-bond donors (Lipinski definition) is 1. The molecule has 0 radical (unpaired) electrons. The Kier molecular flexibility index (Phi) is 5.10. The summed E-state index contributed by atoms with van der Waals surface area (Å²) in [6, 6.07) is 17.4. The first kappa shape index (κ1) is 18.9. The van der Waals surface area contributed by atoms with Crippen LogP contribution in [0.15, 0.2) is 73.2 Å². The van der Waals surface area contributed by atoms with Crippen LogP contribution in [0.4, 0.5) is 17.3 Å². The molecular formula is C23H21N7O. The molecule has 5 rings (SSSR count). The Morgan fingerprint density at radius 1 is 0.871 bits per heavy atom. The molecule has 1 amide bonds. The van der Waals surface area contributed by atoms with Crippen molar-refractivity contribution in [3.05, 3.63) is 78.9 Å². The van der Waals surface area contributed by atoms with Gasteiger partial charge in [-0.3, -0.25) is 14.8 Å². The molecule has 1 fully saturated rings. The fraction of sp³-hybridized carbons (Fsp3) is 0.174. The van der Waals surface area contributed by atoms with Crippen molar-refractivity contribution >= 4 is 34.0 Å². The first-order valence-corrected chi connectivity index (χ1v) is 10.2. The van der Waals surface area contributed by atoms with Crippen molar-refractivity contribution in [2.75, 3.05) is 36.4 Å². The Labute approximate surface area is 179 Å². The zero-order chi connectivity index (χ0) is 21.0. The van der Waals surface area contributed by atoms with Crippen LogP contribution in [-0.2, 0) is 0 Å². The van der Waals surface area contributed by atoms with Gasteiger partial charge in [0.2, 0.25) is 0 Å². The third-order valence-corrected chi connectivity index (χ3v) is 5.35. The highest BCUT2D eigenvalue weighted by atomic mass is 16.2. The van der Waals surface area contributed by atoms with Gasteiger partial charge in [-0.2, -0.15) is 0 Å². The molecule has 1 aliphatic rings. The smallest absolute Gasteiger partial charge is 0.273 e. The molecule has 0 aliphatic carbocycles. The standard InChI is InChI=1S/C23H21N7O/c31-23(22-19-6-2-1-4-17(19)9-11-25-22)30-14-12-29(13-15-30)21-8-7-20(27-28-21)26-18-5-3-10-24-16-18/h1-11,16H,12-15H2,(H,26,27). The molecule has 1 saturated heterocycles. The van der Waals surface area contributed by atoms with Crippen molar-refractivity contribution in [3.8, 4) is 0 Å². The van der Waals surface area contributed by atoms with Crippen LogP contribution in [0.25, 0.3) is 10.8 Å². The van der Waals surface area contributed by atoms with Crippen molar-refractivity contribution in [2.24, 2.45) is 0 Å². The topological polar surface area (TPSA) is 87.1 Å². The summed E-state index contributed by atoms with van der Waals surface area (Å²) in [6.45, 7) is 2.61. The van der Waals surface area contributed by atoms with Gasteiger partial charge < -0.3 is 15.1 Å². The number of piperazine rings is 1. The number of carbonyl (C=O) groups excluding carboxylic acids is 1. The number of nitrogens with zero attached hydrogens (tertiary/aromatic N) is 6. The number of aromatic nitrogens is 4. The van der Waals surface area contributed by atoms with Crippen LogP contribution in [0.3, 0.4) is 0 Å². The Bertz CT molecular complexity index is 1180. The summed E-state index contributed by atoms with van der Waals surface area (Å²) < 4.78 is 0. The van der Waals surface area contributed by atoms with E-state index in [-0.39, 0.29) is 5.91 Å². The Morgan fingerprint density at radius 2 is 1.74 bits per heavy atom. The van der Waals surface area contributed by atoms with Crippen molar-refractivity contribution in [3.63, 3.8) is 0 Å². The Balaban J connectivity index is 1.23. The molecule has 3 aromatic heterocycles. The zero-order valence-corrected chi connectivity index (χ0v) is 16.8. The van der Waals surface area contributed by atoms with Gasteiger partial charge in [0.15, 0.2) is 11.6 Å². The summed E-state index contributed by atoms with van der Waals surface area (Å²) in [5, 5.41) is 13.7. The van der Waals surface area contributed by atoms with Crippen molar-refractivity contribution < 1.29 is 4.79 Å². The molecule has 8 nitrogen and oxygen atoms in total. The lowest BCUT2D eigenvalue weighted by molar-refractivity contribution is 0.0743. The second kappa shape index (κ2) is 8.35. The van der Waals surface area contributed by atoms with Crippen LogP contribution in [0.5, 0.6) is 0 Å². The van der Waals surface area contributed by atoms with Crippen LogP contribution in [0, 0.1) is 0 Å². The highest BCUT2D eigenvalue weighted by Crippen LogP contribution is 2.20. The summed E-state index contributed by atoms with van der Waals surface area (Å²) in [5.74, 6) is 1.43. The first-order valence-electron chi connectivity index (χ1n) is 10.2. The molecule has 1 aliphatic heterocycles. The van der Waals surface area contributed by atoms with Crippen LogP contribution in [0.2, 0.25) is 0 Å². The number of pyridine rings is 2. The SMILES string of the molecule is O=C(c1nccc2ccccc12)N1CCN(c2ccc(Nc3cccnc3)nn2)CC1. The highest BCUT2D eigenvalue weighted by Gasteiger charge is 2.25. The van der Waals surface area contributed by atoms with Gasteiger partial charge in [-0.25, -0.2) is 0 Å². The number of fused-ring (bicyclic) bond motifs is 1. The molecule has 31 heavy (non-hydrogen) atoms. The van der Waals surface area contributed by atoms with E-state index < -0.39 is 0 Å². The predicted octanol–water partition coefficient (Wildman–Crippen LogP) is 3.13. The number of rotatable bonds is 4. The van der Waals surface area contributed by atoms with Crippen LogP contribution >= 0.6 is 0 Å². The summed E-state index contributed by atoms with van der Waals surface area (Å²) in [5.41, 5.74) is 1.37. The molecule has 4 heterocycles. The van der Waals surface area contributed by atoms with Crippen LogP contribution < -0.4 is 10.2 Å². The summed E-state index contributed by atoms with van der Waals surface area (Å²) in [4.78, 5) is 25.5. The van der Waals surface area contributed by atoms with E-state index in [4.69, 9.17) is 0 Å². The van der Waals surface area contributed by atoms with Gasteiger partial charge in [-0.1, -0.05) is 24.3 Å². The second-order valence-electron chi connectivity index (χ2n) is 7.30. The van der Waals surface area contributed by atoms with Crippen molar-refractivity contribution in [1.82, 2.24) is 25.1 Å². The van der Waals surface area contributed by atoms with E-state index in [1.807, 2.05) is 59.5 Å². The molecule has 0 spiro atoms. The quantitative estimate of drug-likeness (QED) is 0.552. The third kappa shape index (κ3) is 4.00. The maximum atomic E-state index is 13.1. The number of nitrogens with one attached hydrogen (secondary N) is 1. The largest absolute Gasteiger partial charge is 0.352 e. The minimum absolute atomic E-state index is 0.0291. The number of amides is 1. The summed E-state index contributed by atoms with van der Waals surface area (Å²) >= 11 is 0. The Morgan fingerprint density at radius 3 is 2.52 bits per heavy atom. The maximum absolute atomic E-state index is 13.1. The molecule has 1 aromatic carbocycles. The van der Waals surface area contributed by atoms with Gasteiger partial charge in [-0.15, -0.1) is 10.2 Å². The molecule has 154 valence electrons. The highest BCUT2D eigenvalue weighted by molar-refractivity contribution is 6.05. The van der Waals surface area contributed by atoms with Crippen LogP contribution in [0.1, 0.15) is 10.5 Å².